The van der Waals surface area contributed by atoms with Crippen molar-refractivity contribution in [1.29, 1.82) is 0 Å². The molecule has 15 unspecified atom stereocenters. The molecular formula is C28H51N7O12. The molecule has 47 heavy (non-hydrogen) atoms. The van der Waals surface area contributed by atoms with Gasteiger partial charge in [0.15, 0.2) is 24.1 Å². The highest BCUT2D eigenvalue weighted by molar-refractivity contribution is 5.90. The number of hydrogen-bond acceptors (Lipinski definition) is 16. The van der Waals surface area contributed by atoms with Gasteiger partial charge in [0.05, 0.1) is 24.3 Å². The number of carbonyl (C=O) groups excluding carboxylic acids is 1. The second-order valence-corrected chi connectivity index (χ2v) is 14.1. The molecule has 5 aliphatic rings. The van der Waals surface area contributed by atoms with Gasteiger partial charge in [0.25, 0.3) is 5.91 Å². The molecule has 15 atom stereocenters. The Morgan fingerprint density at radius 2 is 1.60 bits per heavy atom. The zero-order valence-corrected chi connectivity index (χ0v) is 26.2. The summed E-state index contributed by atoms with van der Waals surface area (Å²) in [7, 11) is 0. The minimum atomic E-state index is -1.92. The van der Waals surface area contributed by atoms with Crippen molar-refractivity contribution in [3.8, 4) is 0 Å². The highest BCUT2D eigenvalue weighted by Gasteiger charge is 2.61. The van der Waals surface area contributed by atoms with Crippen molar-refractivity contribution in [3.63, 3.8) is 0 Å². The minimum Gasteiger partial charge on any atom is -0.388 e. The summed E-state index contributed by atoms with van der Waals surface area (Å²) in [6.45, 7) is 2.03. The van der Waals surface area contributed by atoms with Crippen LogP contribution in [0.5, 0.6) is 0 Å². The lowest BCUT2D eigenvalue weighted by atomic mass is 9.81. The molecule has 2 aliphatic heterocycles. The first-order chi connectivity index (χ1) is 22.0. The molecule has 3 aliphatic carbocycles. The maximum atomic E-state index is 13.1. The highest BCUT2D eigenvalue weighted by atomic mass is 16.7. The number of hydrogen-bond donors (Lipinski definition) is 13. The van der Waals surface area contributed by atoms with Crippen LogP contribution >= 0.6 is 0 Å². The first-order valence-electron chi connectivity index (χ1n) is 16.0. The number of nitrogens with zero attached hydrogens (tertiary/aromatic N) is 1. The molecule has 0 aromatic rings. The molecule has 0 bridgehead atoms. The number of aliphatic hydroxyl groups excluding tert-OH is 5. The van der Waals surface area contributed by atoms with Crippen molar-refractivity contribution < 1.29 is 59.5 Å². The minimum absolute atomic E-state index is 0.0514. The summed E-state index contributed by atoms with van der Waals surface area (Å²) in [4.78, 5) is 17.0. The standard InChI is InChI=1S/C28H51N7O12/c1-27(42)5-14(36)23(44-9-27)47-22-13(34-25(41)28(43)6-16(28)35-26(31)32)4-12(30)21(20(22)40)46-24-19(39)18(38)17(37)15(45-24)8-33-7-10-2-11(29)3-10/h10-24,33,36-40,42-43H,2-9,29-30H2,1H3,(H,34,41)(H4,31,32,35). The van der Waals surface area contributed by atoms with Crippen LogP contribution in [0.25, 0.3) is 0 Å². The number of carbonyl (C=O) groups is 1. The van der Waals surface area contributed by atoms with E-state index in [1.165, 1.54) is 6.92 Å². The summed E-state index contributed by atoms with van der Waals surface area (Å²) in [5, 5.41) is 81.1. The first kappa shape index (κ1) is 36.5. The number of rotatable bonds is 11. The van der Waals surface area contributed by atoms with E-state index in [4.69, 9.17) is 41.9 Å². The molecule has 0 aromatic heterocycles. The van der Waals surface area contributed by atoms with E-state index in [1.807, 2.05) is 0 Å². The van der Waals surface area contributed by atoms with Crippen LogP contribution in [0.15, 0.2) is 4.99 Å². The number of guanidine groups is 1. The Morgan fingerprint density at radius 3 is 2.23 bits per heavy atom. The van der Waals surface area contributed by atoms with E-state index in [1.54, 1.807) is 0 Å². The summed E-state index contributed by atoms with van der Waals surface area (Å²) < 4.78 is 23.4. The predicted octanol–water partition coefficient (Wildman–Crippen LogP) is -6.90. The Morgan fingerprint density at radius 1 is 0.915 bits per heavy atom. The van der Waals surface area contributed by atoms with E-state index in [0.29, 0.717) is 12.5 Å². The van der Waals surface area contributed by atoms with Crippen LogP contribution in [0.4, 0.5) is 0 Å². The van der Waals surface area contributed by atoms with Crippen LogP contribution in [-0.4, -0.2) is 164 Å². The second kappa shape index (κ2) is 14.2. The molecule has 5 rings (SSSR count). The van der Waals surface area contributed by atoms with Gasteiger partial charge in [-0.1, -0.05) is 0 Å². The predicted molar refractivity (Wildman–Crippen MR) is 161 cm³/mol. The van der Waals surface area contributed by atoms with Gasteiger partial charge in [-0.2, -0.15) is 0 Å². The maximum absolute atomic E-state index is 13.1. The molecule has 17 N–H and O–H groups in total. The zero-order valence-electron chi connectivity index (χ0n) is 26.2. The molecule has 2 saturated heterocycles. The molecule has 0 radical (unpaired) electrons. The fourth-order valence-electron chi connectivity index (χ4n) is 6.84. The van der Waals surface area contributed by atoms with Crippen molar-refractivity contribution in [3.05, 3.63) is 0 Å². The van der Waals surface area contributed by atoms with E-state index in [0.717, 1.165) is 12.8 Å². The molecule has 2 heterocycles. The lowest BCUT2D eigenvalue weighted by molar-refractivity contribution is -0.329. The number of nitrogens with two attached hydrogens (primary N) is 4. The number of aliphatic hydroxyl groups is 7. The van der Waals surface area contributed by atoms with Crippen molar-refractivity contribution in [2.75, 3.05) is 19.7 Å². The third-order valence-corrected chi connectivity index (χ3v) is 9.75. The van der Waals surface area contributed by atoms with Gasteiger partial charge < -0.3 is 88.3 Å². The largest absolute Gasteiger partial charge is 0.388 e. The molecule has 5 fully saturated rings. The van der Waals surface area contributed by atoms with Gasteiger partial charge >= 0.3 is 0 Å². The van der Waals surface area contributed by atoms with E-state index in [-0.39, 0.29) is 44.4 Å². The quantitative estimate of drug-likeness (QED) is 0.0713. The summed E-state index contributed by atoms with van der Waals surface area (Å²) in [6, 6.07) is -2.79. The van der Waals surface area contributed by atoms with Gasteiger partial charge in [0, 0.05) is 31.5 Å². The number of amides is 1. The van der Waals surface area contributed by atoms with Gasteiger partial charge in [-0.25, -0.2) is 4.99 Å². The smallest absolute Gasteiger partial charge is 0.254 e. The summed E-state index contributed by atoms with van der Waals surface area (Å²) in [5.74, 6) is -0.773. The molecule has 19 heteroatoms. The van der Waals surface area contributed by atoms with Gasteiger partial charge in [0.2, 0.25) is 0 Å². The van der Waals surface area contributed by atoms with Crippen molar-refractivity contribution in [2.24, 2.45) is 33.8 Å². The maximum Gasteiger partial charge on any atom is 0.254 e. The third kappa shape index (κ3) is 8.15. The summed E-state index contributed by atoms with van der Waals surface area (Å²) >= 11 is 0. The average molecular weight is 678 g/mol. The Balaban J connectivity index is 1.29. The SMILES string of the molecule is CC1(O)COC(OC2C(NC(=O)C3(O)CC3N=C(N)N)CC(N)C(OC3OC(CNCC4CC(N)C4)C(O)C(O)C3O)C2O)C(O)C1. The average Bonchev–Trinajstić information content (AvgIpc) is 3.62. The molecule has 3 saturated carbocycles. The Labute approximate surface area is 271 Å². The molecule has 0 spiro atoms. The van der Waals surface area contributed by atoms with Gasteiger partial charge in [0.1, 0.15) is 48.8 Å². The Hall–Kier alpha value is -1.82. The highest BCUT2D eigenvalue weighted by Crippen LogP contribution is 2.40. The lowest BCUT2D eigenvalue weighted by Crippen LogP contribution is -2.68. The van der Waals surface area contributed by atoms with E-state index in [9.17, 15) is 40.5 Å². The van der Waals surface area contributed by atoms with Crippen LogP contribution in [0, 0.1) is 5.92 Å². The number of ether oxygens (including phenoxy) is 4. The molecular weight excluding hydrogens is 626 g/mol. The number of nitrogens with one attached hydrogen (secondary N) is 2. The van der Waals surface area contributed by atoms with E-state index < -0.39 is 96.6 Å². The van der Waals surface area contributed by atoms with E-state index in [2.05, 4.69) is 15.6 Å². The van der Waals surface area contributed by atoms with Gasteiger partial charge in [-0.3, -0.25) is 4.79 Å². The van der Waals surface area contributed by atoms with Gasteiger partial charge in [-0.15, -0.1) is 0 Å². The topological polar surface area (TPSA) is 336 Å². The van der Waals surface area contributed by atoms with Crippen LogP contribution < -0.4 is 33.6 Å². The third-order valence-electron chi connectivity index (χ3n) is 9.75. The first-order valence-corrected chi connectivity index (χ1v) is 16.0. The van der Waals surface area contributed by atoms with Crippen LogP contribution in [0.2, 0.25) is 0 Å². The Kier molecular flexibility index (Phi) is 11.0. The molecule has 0 aromatic carbocycles. The second-order valence-electron chi connectivity index (χ2n) is 14.1. The molecule has 1 amide bonds. The monoisotopic (exact) mass is 677 g/mol. The number of aliphatic imine (C=N–C) groups is 1. The Bertz CT molecular complexity index is 1130. The fourth-order valence-corrected chi connectivity index (χ4v) is 6.84. The lowest BCUT2D eigenvalue weighted by Gasteiger charge is -2.48. The molecule has 270 valence electrons. The summed E-state index contributed by atoms with van der Waals surface area (Å²) in [5.41, 5.74) is 19.8. The molecule has 19 nitrogen and oxygen atoms in total. The van der Waals surface area contributed by atoms with Gasteiger partial charge in [-0.05, 0) is 38.6 Å². The normalized spacial score (nSPS) is 49.9. The van der Waals surface area contributed by atoms with E-state index >= 15 is 0 Å². The van der Waals surface area contributed by atoms with Crippen LogP contribution in [0.1, 0.15) is 39.0 Å². The summed E-state index contributed by atoms with van der Waals surface area (Å²) in [6.07, 6.45) is -12.8. The fraction of sp³-hybridized carbons (Fsp3) is 0.929. The van der Waals surface area contributed by atoms with Crippen molar-refractivity contribution in [2.45, 2.75) is 136 Å². The van der Waals surface area contributed by atoms with Crippen LogP contribution in [0.3, 0.4) is 0 Å². The zero-order chi connectivity index (χ0) is 34.4. The van der Waals surface area contributed by atoms with Crippen molar-refractivity contribution >= 4 is 11.9 Å². The van der Waals surface area contributed by atoms with Crippen LogP contribution in [-0.2, 0) is 23.7 Å². The van der Waals surface area contributed by atoms with Crippen molar-refractivity contribution in [1.82, 2.24) is 10.6 Å².